The first-order chi connectivity index (χ1) is 12.0. The zero-order valence-corrected chi connectivity index (χ0v) is 14.7. The molecular formula is C19H21N3O3. The molecule has 0 bridgehead atoms. The summed E-state index contributed by atoms with van der Waals surface area (Å²) in [5.41, 5.74) is 4.07. The Bertz CT molecular complexity index is 865. The van der Waals surface area contributed by atoms with Gasteiger partial charge >= 0.3 is 5.97 Å². The Morgan fingerprint density at radius 1 is 1.24 bits per heavy atom. The number of aryl methyl sites for hydroxylation is 2. The van der Waals surface area contributed by atoms with Crippen molar-refractivity contribution < 1.29 is 13.9 Å². The summed E-state index contributed by atoms with van der Waals surface area (Å²) in [4.78, 5) is 16.1. The molecular weight excluding hydrogens is 318 g/mol. The molecule has 6 heteroatoms. The lowest BCUT2D eigenvalue weighted by Gasteiger charge is -2.03. The van der Waals surface area contributed by atoms with E-state index in [9.17, 15) is 4.79 Å². The molecule has 0 N–H and O–H groups in total. The van der Waals surface area contributed by atoms with E-state index in [1.54, 1.807) is 6.20 Å². The van der Waals surface area contributed by atoms with Gasteiger partial charge < -0.3 is 9.15 Å². The lowest BCUT2D eigenvalue weighted by Crippen LogP contribution is -2.07. The Hall–Kier alpha value is -2.89. The number of ether oxygens (including phenoxy) is 1. The number of carbonyl (C=O) groups is 1. The normalized spacial score (nSPS) is 10.8. The van der Waals surface area contributed by atoms with Gasteiger partial charge in [-0.15, -0.1) is 0 Å². The van der Waals surface area contributed by atoms with Crippen molar-refractivity contribution in [3.8, 4) is 11.3 Å². The summed E-state index contributed by atoms with van der Waals surface area (Å²) < 4.78 is 12.7. The van der Waals surface area contributed by atoms with Crippen molar-refractivity contribution in [3.63, 3.8) is 0 Å². The Kier molecular flexibility index (Phi) is 4.97. The molecule has 0 aliphatic heterocycles. The van der Waals surface area contributed by atoms with E-state index in [-0.39, 0.29) is 12.6 Å². The van der Waals surface area contributed by atoms with Crippen LogP contribution in [0.5, 0.6) is 0 Å². The Balaban J connectivity index is 1.52. The number of nitrogens with zero attached hydrogens (tertiary/aromatic N) is 3. The number of aromatic nitrogens is 3. The molecule has 3 aromatic rings. The highest BCUT2D eigenvalue weighted by atomic mass is 16.5. The summed E-state index contributed by atoms with van der Waals surface area (Å²) in [6.45, 7) is 3.99. The molecule has 0 atom stereocenters. The van der Waals surface area contributed by atoms with Gasteiger partial charge in [0.25, 0.3) is 0 Å². The summed E-state index contributed by atoms with van der Waals surface area (Å²) >= 11 is 0. The molecule has 130 valence electrons. The van der Waals surface area contributed by atoms with Gasteiger partial charge in [0, 0.05) is 24.7 Å². The number of rotatable bonds is 6. The summed E-state index contributed by atoms with van der Waals surface area (Å²) in [5, 5.41) is 4.35. The van der Waals surface area contributed by atoms with Crippen LogP contribution in [0.25, 0.3) is 11.3 Å². The van der Waals surface area contributed by atoms with Crippen LogP contribution in [0.1, 0.15) is 29.3 Å². The van der Waals surface area contributed by atoms with E-state index >= 15 is 0 Å². The largest absolute Gasteiger partial charge is 0.456 e. The standard InChI is InChI=1S/C19H21N3O3/c1-13-16(14(2)22(3)21-13)9-10-19(23)24-12-18-20-11-17(25-18)15-7-5-4-6-8-15/h4-8,11H,9-10,12H2,1-3H3. The molecule has 0 aliphatic carbocycles. The summed E-state index contributed by atoms with van der Waals surface area (Å²) in [7, 11) is 1.90. The van der Waals surface area contributed by atoms with Crippen molar-refractivity contribution in [1.82, 2.24) is 14.8 Å². The molecule has 0 radical (unpaired) electrons. The molecule has 0 aliphatic rings. The van der Waals surface area contributed by atoms with Crippen LogP contribution in [-0.2, 0) is 29.6 Å². The molecule has 3 rings (SSSR count). The zero-order valence-electron chi connectivity index (χ0n) is 14.7. The van der Waals surface area contributed by atoms with Crippen LogP contribution >= 0.6 is 0 Å². The number of oxazole rings is 1. The minimum atomic E-state index is -0.276. The van der Waals surface area contributed by atoms with E-state index in [1.165, 1.54) is 0 Å². The molecule has 0 amide bonds. The summed E-state index contributed by atoms with van der Waals surface area (Å²) in [6.07, 6.45) is 2.56. The first-order valence-electron chi connectivity index (χ1n) is 8.19. The highest BCUT2D eigenvalue weighted by Gasteiger charge is 2.13. The third-order valence-corrected chi connectivity index (χ3v) is 4.21. The molecule has 0 spiro atoms. The highest BCUT2D eigenvalue weighted by Crippen LogP contribution is 2.20. The minimum absolute atomic E-state index is 0.0384. The van der Waals surface area contributed by atoms with Crippen LogP contribution < -0.4 is 0 Å². The molecule has 6 nitrogen and oxygen atoms in total. The van der Waals surface area contributed by atoms with Gasteiger partial charge in [-0.2, -0.15) is 5.10 Å². The van der Waals surface area contributed by atoms with Gasteiger partial charge in [0.05, 0.1) is 11.9 Å². The van der Waals surface area contributed by atoms with Gasteiger partial charge in [-0.25, -0.2) is 4.98 Å². The average Bonchev–Trinajstić information content (AvgIpc) is 3.18. The molecule has 0 saturated carbocycles. The number of hydrogen-bond acceptors (Lipinski definition) is 5. The zero-order chi connectivity index (χ0) is 17.8. The van der Waals surface area contributed by atoms with Crippen molar-refractivity contribution in [3.05, 3.63) is 59.4 Å². The van der Waals surface area contributed by atoms with Crippen LogP contribution in [0, 0.1) is 13.8 Å². The number of hydrogen-bond donors (Lipinski definition) is 0. The third-order valence-electron chi connectivity index (χ3n) is 4.21. The first kappa shape index (κ1) is 17.0. The molecule has 0 fully saturated rings. The van der Waals surface area contributed by atoms with Gasteiger partial charge in [0.1, 0.15) is 0 Å². The fraction of sp³-hybridized carbons (Fsp3) is 0.316. The van der Waals surface area contributed by atoms with Crippen LogP contribution in [0.4, 0.5) is 0 Å². The summed E-state index contributed by atoms with van der Waals surface area (Å²) in [6, 6.07) is 9.68. The second kappa shape index (κ2) is 7.34. The fourth-order valence-corrected chi connectivity index (χ4v) is 2.73. The maximum absolute atomic E-state index is 12.0. The number of esters is 1. The maximum Gasteiger partial charge on any atom is 0.306 e. The van der Waals surface area contributed by atoms with Crippen molar-refractivity contribution in [2.75, 3.05) is 0 Å². The maximum atomic E-state index is 12.0. The van der Waals surface area contributed by atoms with Crippen molar-refractivity contribution in [2.24, 2.45) is 7.05 Å². The van der Waals surface area contributed by atoms with E-state index < -0.39 is 0 Å². The van der Waals surface area contributed by atoms with Gasteiger partial charge in [-0.1, -0.05) is 30.3 Å². The van der Waals surface area contributed by atoms with E-state index in [2.05, 4.69) is 10.1 Å². The lowest BCUT2D eigenvalue weighted by atomic mass is 10.1. The monoisotopic (exact) mass is 339 g/mol. The van der Waals surface area contributed by atoms with Crippen LogP contribution in [0.3, 0.4) is 0 Å². The third kappa shape index (κ3) is 3.96. The molecule has 2 aromatic heterocycles. The van der Waals surface area contributed by atoms with E-state index in [4.69, 9.17) is 9.15 Å². The quantitative estimate of drug-likeness (QED) is 0.644. The molecule has 1 aromatic carbocycles. The van der Waals surface area contributed by atoms with Crippen LogP contribution in [-0.4, -0.2) is 20.7 Å². The smallest absolute Gasteiger partial charge is 0.306 e. The molecule has 0 unspecified atom stereocenters. The second-order valence-electron chi connectivity index (χ2n) is 5.92. The van der Waals surface area contributed by atoms with Crippen molar-refractivity contribution in [1.29, 1.82) is 0 Å². The average molecular weight is 339 g/mol. The van der Waals surface area contributed by atoms with Crippen LogP contribution in [0.15, 0.2) is 40.9 Å². The van der Waals surface area contributed by atoms with Crippen LogP contribution in [0.2, 0.25) is 0 Å². The minimum Gasteiger partial charge on any atom is -0.456 e. The SMILES string of the molecule is Cc1nn(C)c(C)c1CCC(=O)OCc1ncc(-c2ccccc2)o1. The highest BCUT2D eigenvalue weighted by molar-refractivity contribution is 5.69. The van der Waals surface area contributed by atoms with Gasteiger partial charge in [-0.05, 0) is 25.8 Å². The summed E-state index contributed by atoms with van der Waals surface area (Å²) in [5.74, 6) is 0.774. The lowest BCUT2D eigenvalue weighted by molar-refractivity contribution is -0.145. The van der Waals surface area contributed by atoms with Gasteiger partial charge in [0.15, 0.2) is 12.4 Å². The van der Waals surface area contributed by atoms with E-state index in [0.29, 0.717) is 24.5 Å². The predicted octanol–water partition coefficient (Wildman–Crippen LogP) is 3.37. The predicted molar refractivity (Wildman–Crippen MR) is 92.7 cm³/mol. The molecule has 2 heterocycles. The Morgan fingerprint density at radius 2 is 2.00 bits per heavy atom. The first-order valence-corrected chi connectivity index (χ1v) is 8.19. The number of benzene rings is 1. The van der Waals surface area contributed by atoms with Crippen molar-refractivity contribution >= 4 is 5.97 Å². The van der Waals surface area contributed by atoms with Gasteiger partial charge in [-0.3, -0.25) is 9.48 Å². The molecule has 25 heavy (non-hydrogen) atoms. The Morgan fingerprint density at radius 3 is 2.68 bits per heavy atom. The van der Waals surface area contributed by atoms with E-state index in [1.807, 2.05) is 55.9 Å². The fourth-order valence-electron chi connectivity index (χ4n) is 2.73. The topological polar surface area (TPSA) is 70.2 Å². The second-order valence-corrected chi connectivity index (χ2v) is 5.92. The van der Waals surface area contributed by atoms with Gasteiger partial charge in [0.2, 0.25) is 5.89 Å². The molecule has 0 saturated heterocycles. The number of carbonyl (C=O) groups excluding carboxylic acids is 1. The van der Waals surface area contributed by atoms with Crippen molar-refractivity contribution in [2.45, 2.75) is 33.3 Å². The van der Waals surface area contributed by atoms with E-state index in [0.717, 1.165) is 22.5 Å². The Labute approximate surface area is 146 Å².